The molecule has 0 aliphatic heterocycles. The molecule has 0 aliphatic rings. The molecular weight excluding hydrogens is 248 g/mol. The van der Waals surface area contributed by atoms with E-state index in [1.54, 1.807) is 4.68 Å². The molecule has 0 spiro atoms. The minimum atomic E-state index is 0.166. The topological polar surface area (TPSA) is 55.9 Å². The van der Waals surface area contributed by atoms with Crippen molar-refractivity contribution in [3.05, 3.63) is 35.5 Å². The summed E-state index contributed by atoms with van der Waals surface area (Å²) in [4.78, 5) is 0. The number of benzene rings is 1. The van der Waals surface area contributed by atoms with Crippen molar-refractivity contribution in [1.82, 2.24) is 9.78 Å². The Balaban J connectivity index is 2.25. The van der Waals surface area contributed by atoms with E-state index in [1.165, 1.54) is 5.56 Å². The second-order valence-electron chi connectivity index (χ2n) is 6.14. The fraction of sp³-hybridized carbons (Fsp3) is 0.438. The monoisotopic (exact) mass is 272 g/mol. The molecule has 3 N–H and O–H groups in total. The lowest BCUT2D eigenvalue weighted by Crippen LogP contribution is -2.10. The molecular formula is C16H24N4. The van der Waals surface area contributed by atoms with Gasteiger partial charge in [-0.3, -0.25) is 4.68 Å². The van der Waals surface area contributed by atoms with Crippen molar-refractivity contribution < 1.29 is 0 Å². The number of nitrogens with zero attached hydrogens (tertiary/aromatic N) is 2. The van der Waals surface area contributed by atoms with Gasteiger partial charge in [0.15, 0.2) is 5.82 Å². The Morgan fingerprint density at radius 1 is 1.20 bits per heavy atom. The molecule has 0 radical (unpaired) electrons. The van der Waals surface area contributed by atoms with Gasteiger partial charge >= 0.3 is 0 Å². The van der Waals surface area contributed by atoms with E-state index >= 15 is 0 Å². The van der Waals surface area contributed by atoms with Crippen LogP contribution in [0.2, 0.25) is 0 Å². The van der Waals surface area contributed by atoms with Crippen molar-refractivity contribution in [1.29, 1.82) is 0 Å². The zero-order chi connectivity index (χ0) is 14.9. The van der Waals surface area contributed by atoms with E-state index in [9.17, 15) is 0 Å². The summed E-state index contributed by atoms with van der Waals surface area (Å²) in [5, 5.41) is 7.76. The van der Waals surface area contributed by atoms with Gasteiger partial charge in [-0.25, -0.2) is 0 Å². The van der Waals surface area contributed by atoms with Gasteiger partial charge in [-0.2, -0.15) is 5.10 Å². The maximum atomic E-state index is 6.12. The Kier molecular flexibility index (Phi) is 3.75. The van der Waals surface area contributed by atoms with Gasteiger partial charge in [-0.05, 0) is 29.5 Å². The average Bonchev–Trinajstić information content (AvgIpc) is 2.66. The third kappa shape index (κ3) is 2.79. The van der Waals surface area contributed by atoms with E-state index in [4.69, 9.17) is 5.73 Å². The highest BCUT2D eigenvalue weighted by molar-refractivity contribution is 5.71. The number of nitrogens with one attached hydrogen (secondary N) is 1. The molecule has 20 heavy (non-hydrogen) atoms. The lowest BCUT2D eigenvalue weighted by Gasteiger charge is -2.19. The summed E-state index contributed by atoms with van der Waals surface area (Å²) in [6.45, 7) is 8.69. The van der Waals surface area contributed by atoms with Gasteiger partial charge in [0.05, 0.1) is 11.4 Å². The maximum Gasteiger partial charge on any atom is 0.152 e. The lowest BCUT2D eigenvalue weighted by molar-refractivity contribution is 0.590. The van der Waals surface area contributed by atoms with Gasteiger partial charge in [0.1, 0.15) is 0 Å². The summed E-state index contributed by atoms with van der Waals surface area (Å²) in [7, 11) is 1.90. The van der Waals surface area contributed by atoms with Gasteiger partial charge < -0.3 is 11.1 Å². The number of aromatic nitrogens is 2. The maximum absolute atomic E-state index is 6.12. The number of hydrogen-bond donors (Lipinski definition) is 2. The number of anilines is 3. The third-order valence-electron chi connectivity index (χ3n) is 3.51. The molecule has 108 valence electrons. The van der Waals surface area contributed by atoms with E-state index in [0.29, 0.717) is 0 Å². The second kappa shape index (κ2) is 5.19. The summed E-state index contributed by atoms with van der Waals surface area (Å²) in [6, 6.07) is 8.46. The number of aryl methyl sites for hydroxylation is 2. The SMILES string of the molecule is CCc1nn(C)c(Nc2ccc(C(C)(C)C)cc2)c1N. The fourth-order valence-electron chi connectivity index (χ4n) is 2.20. The first-order valence-electron chi connectivity index (χ1n) is 7.02. The van der Waals surface area contributed by atoms with Crippen molar-refractivity contribution in [3.63, 3.8) is 0 Å². The molecule has 0 bridgehead atoms. The van der Waals surface area contributed by atoms with E-state index in [1.807, 2.05) is 7.05 Å². The summed E-state index contributed by atoms with van der Waals surface area (Å²) in [6.07, 6.45) is 0.838. The highest BCUT2D eigenvalue weighted by Gasteiger charge is 2.14. The van der Waals surface area contributed by atoms with Crippen molar-refractivity contribution >= 4 is 17.2 Å². The lowest BCUT2D eigenvalue weighted by atomic mass is 9.87. The molecule has 0 saturated heterocycles. The van der Waals surface area contributed by atoms with E-state index in [2.05, 4.69) is 62.4 Å². The molecule has 0 saturated carbocycles. The van der Waals surface area contributed by atoms with Crippen LogP contribution in [0.5, 0.6) is 0 Å². The van der Waals surface area contributed by atoms with Crippen molar-refractivity contribution in [2.75, 3.05) is 11.1 Å². The first-order valence-corrected chi connectivity index (χ1v) is 7.02. The molecule has 0 fully saturated rings. The molecule has 1 aromatic heterocycles. The van der Waals surface area contributed by atoms with Crippen LogP contribution in [0.3, 0.4) is 0 Å². The van der Waals surface area contributed by atoms with Gasteiger partial charge in [0.25, 0.3) is 0 Å². The molecule has 2 rings (SSSR count). The third-order valence-corrected chi connectivity index (χ3v) is 3.51. The smallest absolute Gasteiger partial charge is 0.152 e. The van der Waals surface area contributed by atoms with Gasteiger partial charge in [-0.1, -0.05) is 39.8 Å². The number of nitrogens with two attached hydrogens (primary N) is 1. The summed E-state index contributed by atoms with van der Waals surface area (Å²) >= 11 is 0. The Bertz CT molecular complexity index is 588. The number of rotatable bonds is 3. The zero-order valence-corrected chi connectivity index (χ0v) is 13.0. The molecule has 0 amide bonds. The molecule has 0 atom stereocenters. The molecule has 1 heterocycles. The Labute approximate surface area is 121 Å². The van der Waals surface area contributed by atoms with Crippen LogP contribution in [-0.2, 0) is 18.9 Å². The van der Waals surface area contributed by atoms with E-state index in [-0.39, 0.29) is 5.41 Å². The first kappa shape index (κ1) is 14.4. The Morgan fingerprint density at radius 2 is 1.80 bits per heavy atom. The minimum Gasteiger partial charge on any atom is -0.394 e. The molecule has 4 heteroatoms. The van der Waals surface area contributed by atoms with Crippen LogP contribution >= 0.6 is 0 Å². The molecule has 1 aromatic carbocycles. The summed E-state index contributed by atoms with van der Waals surface area (Å²) in [5.41, 5.74) is 10.3. The van der Waals surface area contributed by atoms with Crippen LogP contribution < -0.4 is 11.1 Å². The predicted molar refractivity (Wildman–Crippen MR) is 85.4 cm³/mol. The van der Waals surface area contributed by atoms with Crippen LogP contribution in [0.4, 0.5) is 17.2 Å². The van der Waals surface area contributed by atoms with Crippen LogP contribution in [0.1, 0.15) is 39.0 Å². The molecule has 0 unspecified atom stereocenters. The van der Waals surface area contributed by atoms with E-state index < -0.39 is 0 Å². The van der Waals surface area contributed by atoms with Crippen LogP contribution in [0.15, 0.2) is 24.3 Å². The van der Waals surface area contributed by atoms with Crippen LogP contribution in [0, 0.1) is 0 Å². The highest BCUT2D eigenvalue weighted by Crippen LogP contribution is 2.28. The Morgan fingerprint density at radius 3 is 2.25 bits per heavy atom. The van der Waals surface area contributed by atoms with Crippen molar-refractivity contribution in [3.8, 4) is 0 Å². The zero-order valence-electron chi connectivity index (χ0n) is 13.0. The fourth-order valence-corrected chi connectivity index (χ4v) is 2.20. The normalized spacial score (nSPS) is 11.7. The van der Waals surface area contributed by atoms with Gasteiger partial charge in [-0.15, -0.1) is 0 Å². The first-order chi connectivity index (χ1) is 9.32. The minimum absolute atomic E-state index is 0.166. The average molecular weight is 272 g/mol. The summed E-state index contributed by atoms with van der Waals surface area (Å²) in [5.74, 6) is 0.852. The second-order valence-corrected chi connectivity index (χ2v) is 6.14. The number of nitrogen functional groups attached to an aromatic ring is 1. The van der Waals surface area contributed by atoms with Gasteiger partial charge in [0, 0.05) is 12.7 Å². The van der Waals surface area contributed by atoms with Crippen LogP contribution in [0.25, 0.3) is 0 Å². The number of hydrogen-bond acceptors (Lipinski definition) is 3. The molecule has 2 aromatic rings. The predicted octanol–water partition coefficient (Wildman–Crippen LogP) is 3.61. The Hall–Kier alpha value is -1.97. The van der Waals surface area contributed by atoms with E-state index in [0.717, 1.165) is 29.3 Å². The van der Waals surface area contributed by atoms with Crippen LogP contribution in [-0.4, -0.2) is 9.78 Å². The standard InChI is InChI=1S/C16H24N4/c1-6-13-14(17)15(20(5)19-13)18-12-9-7-11(8-10-12)16(2,3)4/h7-10,18H,6,17H2,1-5H3. The summed E-state index contributed by atoms with van der Waals surface area (Å²) < 4.78 is 1.80. The largest absolute Gasteiger partial charge is 0.394 e. The van der Waals surface area contributed by atoms with Crippen molar-refractivity contribution in [2.45, 2.75) is 39.5 Å². The quantitative estimate of drug-likeness (QED) is 0.897. The molecule has 0 aliphatic carbocycles. The highest BCUT2D eigenvalue weighted by atomic mass is 15.3. The van der Waals surface area contributed by atoms with Crippen molar-refractivity contribution in [2.24, 2.45) is 7.05 Å². The van der Waals surface area contributed by atoms with Gasteiger partial charge in [0.2, 0.25) is 0 Å². The molecule has 4 nitrogen and oxygen atoms in total.